The second kappa shape index (κ2) is 5.43. The van der Waals surface area contributed by atoms with Crippen molar-refractivity contribution in [2.45, 2.75) is 19.6 Å². The lowest BCUT2D eigenvalue weighted by Crippen LogP contribution is -2.18. The fourth-order valence-electron chi connectivity index (χ4n) is 0.561. The summed E-state index contributed by atoms with van der Waals surface area (Å²) < 4.78 is 0. The molecule has 0 rings (SSSR count). The van der Waals surface area contributed by atoms with Crippen molar-refractivity contribution in [1.82, 2.24) is 5.01 Å². The molecular formula is C7H15N2P. The molecule has 0 saturated carbocycles. The molecule has 0 heterocycles. The van der Waals surface area contributed by atoms with Crippen LogP contribution in [-0.2, 0) is 0 Å². The maximum Gasteiger partial charge on any atom is 0.0639 e. The van der Waals surface area contributed by atoms with Crippen molar-refractivity contribution < 1.29 is 0 Å². The van der Waals surface area contributed by atoms with Gasteiger partial charge in [-0.3, -0.25) is 5.01 Å². The van der Waals surface area contributed by atoms with Gasteiger partial charge in [-0.15, -0.1) is 0 Å². The normalized spacial score (nSPS) is 14.7. The van der Waals surface area contributed by atoms with Gasteiger partial charge in [0.2, 0.25) is 0 Å². The predicted octanol–water partition coefficient (Wildman–Crippen LogP) is 2.09. The molecule has 0 aromatic carbocycles. The molecule has 2 unspecified atom stereocenters. The van der Waals surface area contributed by atoms with Gasteiger partial charge < -0.3 is 0 Å². The second-order valence-corrected chi connectivity index (χ2v) is 3.57. The van der Waals surface area contributed by atoms with Gasteiger partial charge in [0, 0.05) is 13.3 Å². The maximum absolute atomic E-state index is 4.11. The van der Waals surface area contributed by atoms with E-state index in [-0.39, 0.29) is 0 Å². The highest BCUT2D eigenvalue weighted by Gasteiger charge is 2.01. The minimum atomic E-state index is 0.480. The van der Waals surface area contributed by atoms with Crippen LogP contribution in [0.25, 0.3) is 0 Å². The molecule has 0 aliphatic rings. The molecule has 0 N–H and O–H groups in total. The Bertz CT molecular complexity index is 123. The summed E-state index contributed by atoms with van der Waals surface area (Å²) in [5.41, 5.74) is 0. The van der Waals surface area contributed by atoms with Crippen molar-refractivity contribution in [3.63, 3.8) is 0 Å². The molecule has 10 heavy (non-hydrogen) atoms. The quantitative estimate of drug-likeness (QED) is 0.347. The highest BCUT2D eigenvalue weighted by atomic mass is 31.1. The molecule has 2 nitrogen and oxygen atoms in total. The molecule has 0 aromatic heterocycles. The highest BCUT2D eigenvalue weighted by molar-refractivity contribution is 7.42. The van der Waals surface area contributed by atoms with E-state index < -0.39 is 0 Å². The molecule has 3 heteroatoms. The molecule has 0 radical (unpaired) electrons. The van der Waals surface area contributed by atoms with Crippen LogP contribution in [0.3, 0.4) is 0 Å². The van der Waals surface area contributed by atoms with Gasteiger partial charge in [-0.2, -0.15) is 5.10 Å². The molecule has 58 valence electrons. The molecule has 0 aliphatic heterocycles. The van der Waals surface area contributed by atoms with Crippen LogP contribution in [0.5, 0.6) is 0 Å². The topological polar surface area (TPSA) is 15.6 Å². The molecule has 0 bridgehead atoms. The summed E-state index contributed by atoms with van der Waals surface area (Å²) in [5.74, 6) is 2.42. The largest absolute Gasteiger partial charge is 0.293 e. The molecule has 0 fully saturated rings. The Balaban J connectivity index is 3.68. The first-order valence-corrected chi connectivity index (χ1v) is 4.46. The predicted molar refractivity (Wildman–Crippen MR) is 49.9 cm³/mol. The molecular weight excluding hydrogens is 143 g/mol. The van der Waals surface area contributed by atoms with Crippen molar-refractivity contribution in [3.05, 3.63) is 12.4 Å². The summed E-state index contributed by atoms with van der Waals surface area (Å²) >= 11 is 0. The van der Waals surface area contributed by atoms with E-state index in [4.69, 9.17) is 0 Å². The Morgan fingerprint density at radius 2 is 2.30 bits per heavy atom. The van der Waals surface area contributed by atoms with Gasteiger partial charge >= 0.3 is 0 Å². The van der Waals surface area contributed by atoms with E-state index in [0.29, 0.717) is 5.78 Å². The Morgan fingerprint density at radius 1 is 1.70 bits per heavy atom. The van der Waals surface area contributed by atoms with Gasteiger partial charge in [0.05, 0.1) is 5.78 Å². The van der Waals surface area contributed by atoms with Crippen LogP contribution in [0, 0.1) is 0 Å². The maximum atomic E-state index is 4.11. The molecule has 0 spiro atoms. The van der Waals surface area contributed by atoms with Gasteiger partial charge in [0.15, 0.2) is 0 Å². The smallest absolute Gasteiger partial charge is 0.0639 e. The van der Waals surface area contributed by atoms with Crippen LogP contribution in [0.15, 0.2) is 17.5 Å². The van der Waals surface area contributed by atoms with E-state index in [0.717, 1.165) is 8.58 Å². The van der Waals surface area contributed by atoms with Gasteiger partial charge in [-0.25, -0.2) is 0 Å². The van der Waals surface area contributed by atoms with Crippen LogP contribution in [0.1, 0.15) is 13.8 Å². The minimum absolute atomic E-state index is 0.480. The molecule has 2 atom stereocenters. The fourth-order valence-corrected chi connectivity index (χ4v) is 1.18. The first-order valence-electron chi connectivity index (χ1n) is 3.30. The van der Waals surface area contributed by atoms with Crippen molar-refractivity contribution in [1.29, 1.82) is 0 Å². The monoisotopic (exact) mass is 158 g/mol. The summed E-state index contributed by atoms with van der Waals surface area (Å²) in [6.07, 6.45) is 1.80. The van der Waals surface area contributed by atoms with Crippen LogP contribution in [-0.4, -0.2) is 24.1 Å². The number of hydrogen-bond acceptors (Lipinski definition) is 2. The Morgan fingerprint density at radius 3 is 2.70 bits per heavy atom. The van der Waals surface area contributed by atoms with Gasteiger partial charge in [0.1, 0.15) is 0 Å². The summed E-state index contributed by atoms with van der Waals surface area (Å²) in [6.45, 7) is 7.73. The molecule has 0 amide bonds. The molecule has 0 aromatic rings. The summed E-state index contributed by atoms with van der Waals surface area (Å²) in [7, 11) is 2.73. The standard InChI is InChI=1S/C7H15N2P/c1-5-8-9(4)7(3)10-6-2/h5-7,10H,2H2,1,3-4H3. The summed E-state index contributed by atoms with van der Waals surface area (Å²) in [4.78, 5) is 0. The Hall–Kier alpha value is -0.360. The summed E-state index contributed by atoms with van der Waals surface area (Å²) in [5, 5.41) is 6.06. The first kappa shape index (κ1) is 9.64. The lowest BCUT2D eigenvalue weighted by Gasteiger charge is -2.19. The fraction of sp³-hybridized carbons (Fsp3) is 0.571. The highest BCUT2D eigenvalue weighted by Crippen LogP contribution is 2.21. The van der Waals surface area contributed by atoms with E-state index in [1.807, 2.05) is 24.8 Å². The van der Waals surface area contributed by atoms with E-state index in [1.54, 1.807) is 6.21 Å². The van der Waals surface area contributed by atoms with Crippen LogP contribution in [0.4, 0.5) is 0 Å². The zero-order valence-electron chi connectivity index (χ0n) is 6.83. The van der Waals surface area contributed by atoms with Crippen LogP contribution >= 0.6 is 8.58 Å². The first-order chi connectivity index (χ1) is 4.72. The van der Waals surface area contributed by atoms with Crippen molar-refractivity contribution in [2.75, 3.05) is 7.05 Å². The van der Waals surface area contributed by atoms with Gasteiger partial charge in [-0.05, 0) is 13.8 Å². The van der Waals surface area contributed by atoms with Gasteiger partial charge in [-0.1, -0.05) is 21.0 Å². The van der Waals surface area contributed by atoms with Crippen molar-refractivity contribution >= 4 is 14.8 Å². The zero-order chi connectivity index (χ0) is 7.98. The number of hydrazone groups is 1. The summed E-state index contributed by atoms with van der Waals surface area (Å²) in [6, 6.07) is 0. The van der Waals surface area contributed by atoms with Crippen molar-refractivity contribution in [3.8, 4) is 0 Å². The number of nitrogens with zero attached hydrogens (tertiary/aromatic N) is 2. The SMILES string of the molecule is C=CPC(C)N(C)N=CC. The Labute approximate surface area is 64.8 Å². The third kappa shape index (κ3) is 3.62. The van der Waals surface area contributed by atoms with Gasteiger partial charge in [0.25, 0.3) is 0 Å². The van der Waals surface area contributed by atoms with Crippen molar-refractivity contribution in [2.24, 2.45) is 5.10 Å². The third-order valence-corrected chi connectivity index (χ3v) is 2.31. The average molecular weight is 158 g/mol. The molecule has 0 saturated heterocycles. The average Bonchev–Trinajstić information content (AvgIpc) is 1.89. The third-order valence-electron chi connectivity index (χ3n) is 1.22. The zero-order valence-corrected chi connectivity index (χ0v) is 7.83. The van der Waals surface area contributed by atoms with E-state index >= 15 is 0 Å². The number of hydrogen-bond donors (Lipinski definition) is 0. The lowest BCUT2D eigenvalue weighted by atomic mass is 10.7. The molecule has 0 aliphatic carbocycles. The van der Waals surface area contributed by atoms with E-state index in [1.165, 1.54) is 0 Å². The second-order valence-electron chi connectivity index (χ2n) is 1.99. The minimum Gasteiger partial charge on any atom is -0.293 e. The van der Waals surface area contributed by atoms with Crippen LogP contribution in [0.2, 0.25) is 0 Å². The Kier molecular flexibility index (Phi) is 5.23. The van der Waals surface area contributed by atoms with E-state index in [9.17, 15) is 0 Å². The van der Waals surface area contributed by atoms with E-state index in [2.05, 4.69) is 18.6 Å². The van der Waals surface area contributed by atoms with Crippen LogP contribution < -0.4 is 0 Å². The lowest BCUT2D eigenvalue weighted by molar-refractivity contribution is 0.347. The number of rotatable bonds is 4.